The minimum atomic E-state index is 0.179. The quantitative estimate of drug-likeness (QED) is 0.592. The molecule has 0 unspecified atom stereocenters. The number of hydrogen-bond donors (Lipinski definition) is 1. The van der Waals surface area contributed by atoms with Gasteiger partial charge in [-0.2, -0.15) is 0 Å². The lowest BCUT2D eigenvalue weighted by Gasteiger charge is -2.29. The van der Waals surface area contributed by atoms with Crippen molar-refractivity contribution in [3.8, 4) is 0 Å². The third-order valence-electron chi connectivity index (χ3n) is 2.76. The molecule has 0 saturated carbocycles. The number of hydrogen-bond acceptors (Lipinski definition) is 2. The molecule has 0 spiro atoms. The summed E-state index contributed by atoms with van der Waals surface area (Å²) in [7, 11) is 0. The van der Waals surface area contributed by atoms with Crippen LogP contribution in [-0.2, 0) is 4.79 Å². The fraction of sp³-hybridized carbons (Fsp3) is 0.700. The molecule has 1 heterocycles. The molecule has 2 aliphatic rings. The van der Waals surface area contributed by atoms with Gasteiger partial charge >= 0.3 is 0 Å². The summed E-state index contributed by atoms with van der Waals surface area (Å²) in [6.45, 7) is 3.65. The first kappa shape index (κ1) is 8.75. The van der Waals surface area contributed by atoms with Crippen molar-refractivity contribution < 1.29 is 4.79 Å². The molecule has 0 aromatic rings. The van der Waals surface area contributed by atoms with Crippen molar-refractivity contribution in [2.24, 2.45) is 5.92 Å². The molecule has 1 aliphatic carbocycles. The molecule has 1 atom stereocenters. The van der Waals surface area contributed by atoms with Crippen LogP contribution in [0.5, 0.6) is 0 Å². The Morgan fingerprint density at radius 2 is 2.15 bits per heavy atom. The van der Waals surface area contributed by atoms with Crippen LogP contribution in [-0.4, -0.2) is 37.0 Å². The SMILES string of the molecule is O=C([C@@H]1C=CCC1)N1CCNCC1. The van der Waals surface area contributed by atoms with Gasteiger partial charge in [-0.15, -0.1) is 0 Å². The van der Waals surface area contributed by atoms with Gasteiger partial charge in [-0.05, 0) is 12.8 Å². The number of allylic oxidation sites excluding steroid dienone is 1. The number of nitrogens with zero attached hydrogens (tertiary/aromatic N) is 1. The maximum absolute atomic E-state index is 11.8. The van der Waals surface area contributed by atoms with E-state index in [1.54, 1.807) is 0 Å². The Morgan fingerprint density at radius 3 is 2.77 bits per heavy atom. The number of piperazine rings is 1. The summed E-state index contributed by atoms with van der Waals surface area (Å²) in [6.07, 6.45) is 6.26. The highest BCUT2D eigenvalue weighted by atomic mass is 16.2. The van der Waals surface area contributed by atoms with Crippen LogP contribution < -0.4 is 5.32 Å². The topological polar surface area (TPSA) is 32.3 Å². The van der Waals surface area contributed by atoms with Crippen LogP contribution in [0.15, 0.2) is 12.2 Å². The largest absolute Gasteiger partial charge is 0.340 e. The van der Waals surface area contributed by atoms with Crippen molar-refractivity contribution in [2.75, 3.05) is 26.2 Å². The van der Waals surface area contributed by atoms with E-state index in [2.05, 4.69) is 17.5 Å². The van der Waals surface area contributed by atoms with Crippen molar-refractivity contribution in [3.63, 3.8) is 0 Å². The maximum Gasteiger partial charge on any atom is 0.229 e. The van der Waals surface area contributed by atoms with Gasteiger partial charge in [-0.1, -0.05) is 12.2 Å². The van der Waals surface area contributed by atoms with Crippen molar-refractivity contribution in [3.05, 3.63) is 12.2 Å². The monoisotopic (exact) mass is 180 g/mol. The normalized spacial score (nSPS) is 28.0. The standard InChI is InChI=1S/C10H16N2O/c13-10(9-3-1-2-4-9)12-7-5-11-6-8-12/h1,3,9,11H,2,4-8H2/t9-/m1/s1. The molecular weight excluding hydrogens is 164 g/mol. The number of carbonyl (C=O) groups is 1. The van der Waals surface area contributed by atoms with Crippen molar-refractivity contribution in [2.45, 2.75) is 12.8 Å². The summed E-state index contributed by atoms with van der Waals surface area (Å²) in [5.74, 6) is 0.508. The zero-order chi connectivity index (χ0) is 9.10. The van der Waals surface area contributed by atoms with Gasteiger partial charge < -0.3 is 10.2 Å². The zero-order valence-corrected chi connectivity index (χ0v) is 7.83. The summed E-state index contributed by atoms with van der Waals surface area (Å²) in [5, 5.41) is 3.25. The fourth-order valence-electron chi connectivity index (χ4n) is 1.96. The van der Waals surface area contributed by atoms with Crippen LogP contribution in [0, 0.1) is 5.92 Å². The molecule has 0 aromatic carbocycles. The Kier molecular flexibility index (Phi) is 2.64. The van der Waals surface area contributed by atoms with Crippen molar-refractivity contribution in [1.82, 2.24) is 10.2 Å². The summed E-state index contributed by atoms with van der Waals surface area (Å²) < 4.78 is 0. The predicted octanol–water partition coefficient (Wildman–Crippen LogP) is 0.384. The number of rotatable bonds is 1. The second kappa shape index (κ2) is 3.92. The van der Waals surface area contributed by atoms with E-state index in [1.807, 2.05) is 4.90 Å². The lowest BCUT2D eigenvalue weighted by atomic mass is 10.1. The first-order valence-corrected chi connectivity index (χ1v) is 5.04. The molecular formula is C10H16N2O. The van der Waals surface area contributed by atoms with Crippen LogP contribution in [0.25, 0.3) is 0 Å². The van der Waals surface area contributed by atoms with Gasteiger partial charge in [0.25, 0.3) is 0 Å². The molecule has 3 nitrogen and oxygen atoms in total. The number of nitrogens with one attached hydrogen (secondary N) is 1. The molecule has 1 amide bonds. The number of amides is 1. The highest BCUT2D eigenvalue weighted by Crippen LogP contribution is 2.19. The first-order valence-electron chi connectivity index (χ1n) is 5.04. The second-order valence-electron chi connectivity index (χ2n) is 3.69. The molecule has 1 aliphatic heterocycles. The van der Waals surface area contributed by atoms with Crippen LogP contribution in [0.4, 0.5) is 0 Å². The van der Waals surface area contributed by atoms with Crippen LogP contribution >= 0.6 is 0 Å². The third kappa shape index (κ3) is 1.91. The second-order valence-corrected chi connectivity index (χ2v) is 3.69. The Morgan fingerprint density at radius 1 is 1.38 bits per heavy atom. The first-order chi connectivity index (χ1) is 6.38. The van der Waals surface area contributed by atoms with Crippen LogP contribution in [0.1, 0.15) is 12.8 Å². The highest BCUT2D eigenvalue weighted by molar-refractivity contribution is 5.81. The van der Waals surface area contributed by atoms with Gasteiger partial charge in [-0.3, -0.25) is 4.79 Å². The number of carbonyl (C=O) groups excluding carboxylic acids is 1. The molecule has 0 bridgehead atoms. The Hall–Kier alpha value is -0.830. The minimum absolute atomic E-state index is 0.179. The van der Waals surface area contributed by atoms with Crippen molar-refractivity contribution >= 4 is 5.91 Å². The summed E-state index contributed by atoms with van der Waals surface area (Å²) in [6, 6.07) is 0. The molecule has 72 valence electrons. The molecule has 3 heteroatoms. The van der Waals surface area contributed by atoms with Crippen LogP contribution in [0.2, 0.25) is 0 Å². The zero-order valence-electron chi connectivity index (χ0n) is 7.83. The average Bonchev–Trinajstić information content (AvgIpc) is 2.71. The molecule has 2 rings (SSSR count). The Balaban J connectivity index is 1.91. The summed E-state index contributed by atoms with van der Waals surface area (Å²) in [5.41, 5.74) is 0. The predicted molar refractivity (Wildman–Crippen MR) is 51.3 cm³/mol. The maximum atomic E-state index is 11.8. The highest BCUT2D eigenvalue weighted by Gasteiger charge is 2.24. The fourth-order valence-corrected chi connectivity index (χ4v) is 1.96. The lowest BCUT2D eigenvalue weighted by Crippen LogP contribution is -2.48. The van der Waals surface area contributed by atoms with E-state index < -0.39 is 0 Å². The van der Waals surface area contributed by atoms with E-state index in [0.717, 1.165) is 39.0 Å². The molecule has 0 radical (unpaired) electrons. The Bertz CT molecular complexity index is 219. The van der Waals surface area contributed by atoms with Gasteiger partial charge in [0, 0.05) is 26.2 Å². The van der Waals surface area contributed by atoms with Crippen molar-refractivity contribution in [1.29, 1.82) is 0 Å². The van der Waals surface area contributed by atoms with E-state index in [1.165, 1.54) is 0 Å². The molecule has 0 aromatic heterocycles. The average molecular weight is 180 g/mol. The van der Waals surface area contributed by atoms with Crippen LogP contribution in [0.3, 0.4) is 0 Å². The van der Waals surface area contributed by atoms with E-state index in [4.69, 9.17) is 0 Å². The minimum Gasteiger partial charge on any atom is -0.340 e. The van der Waals surface area contributed by atoms with Gasteiger partial charge in [0.05, 0.1) is 5.92 Å². The van der Waals surface area contributed by atoms with Gasteiger partial charge in [0.15, 0.2) is 0 Å². The molecule has 1 saturated heterocycles. The van der Waals surface area contributed by atoms with E-state index in [0.29, 0.717) is 5.91 Å². The smallest absolute Gasteiger partial charge is 0.229 e. The van der Waals surface area contributed by atoms with Gasteiger partial charge in [0.1, 0.15) is 0 Å². The molecule has 1 N–H and O–H groups in total. The molecule has 13 heavy (non-hydrogen) atoms. The van der Waals surface area contributed by atoms with E-state index in [-0.39, 0.29) is 5.92 Å². The van der Waals surface area contributed by atoms with Gasteiger partial charge in [0.2, 0.25) is 5.91 Å². The summed E-state index contributed by atoms with van der Waals surface area (Å²) >= 11 is 0. The molecule has 1 fully saturated rings. The lowest BCUT2D eigenvalue weighted by molar-refractivity contribution is -0.134. The third-order valence-corrected chi connectivity index (χ3v) is 2.76. The van der Waals surface area contributed by atoms with E-state index >= 15 is 0 Å². The summed E-state index contributed by atoms with van der Waals surface area (Å²) in [4.78, 5) is 13.8. The Labute approximate surface area is 78.8 Å². The van der Waals surface area contributed by atoms with Gasteiger partial charge in [-0.25, -0.2) is 0 Å². The van der Waals surface area contributed by atoms with E-state index in [9.17, 15) is 4.79 Å².